The summed E-state index contributed by atoms with van der Waals surface area (Å²) in [5.41, 5.74) is 5.56. The topological polar surface area (TPSA) is 103 Å². The van der Waals surface area contributed by atoms with Crippen molar-refractivity contribution in [2.24, 2.45) is 5.10 Å². The van der Waals surface area contributed by atoms with Crippen molar-refractivity contribution in [2.75, 3.05) is 0 Å². The van der Waals surface area contributed by atoms with Crippen LogP contribution >= 0.6 is 0 Å². The van der Waals surface area contributed by atoms with Crippen molar-refractivity contribution >= 4 is 17.8 Å². The lowest BCUT2D eigenvalue weighted by Crippen LogP contribution is -2.18. The Labute approximate surface area is 208 Å². The van der Waals surface area contributed by atoms with Gasteiger partial charge in [-0.3, -0.25) is 14.9 Å². The van der Waals surface area contributed by atoms with E-state index >= 15 is 0 Å². The summed E-state index contributed by atoms with van der Waals surface area (Å²) in [5.74, 6) is 0.737. The molecule has 0 aliphatic rings. The molecule has 0 fully saturated rings. The van der Waals surface area contributed by atoms with Crippen LogP contribution in [0.1, 0.15) is 27.0 Å². The Kier molecular flexibility index (Phi) is 8.01. The molecule has 4 aromatic rings. The number of rotatable bonds is 10. The molecule has 8 nitrogen and oxygen atoms in total. The highest BCUT2D eigenvalue weighted by atomic mass is 16.6. The highest BCUT2D eigenvalue weighted by Gasteiger charge is 2.11. The number of hydrazone groups is 1. The fraction of sp³-hybridized carbons (Fsp3) is 0.0714. The average Bonchev–Trinajstić information content (AvgIpc) is 2.92. The molecular weight excluding hydrogens is 458 g/mol. The van der Waals surface area contributed by atoms with Crippen molar-refractivity contribution in [3.63, 3.8) is 0 Å². The third-order valence-electron chi connectivity index (χ3n) is 5.18. The molecule has 8 heteroatoms. The second kappa shape index (κ2) is 11.9. The quantitative estimate of drug-likeness (QED) is 0.183. The van der Waals surface area contributed by atoms with Gasteiger partial charge in [0.05, 0.1) is 16.7 Å². The molecule has 1 N–H and O–H groups in total. The molecule has 0 unspecified atom stereocenters. The van der Waals surface area contributed by atoms with Gasteiger partial charge in [-0.1, -0.05) is 42.5 Å². The van der Waals surface area contributed by atoms with Gasteiger partial charge in [0.25, 0.3) is 11.6 Å². The Bertz CT molecular complexity index is 1340. The molecule has 4 rings (SSSR count). The Hall–Kier alpha value is -4.98. The Balaban J connectivity index is 1.29. The molecule has 36 heavy (non-hydrogen) atoms. The molecule has 0 bridgehead atoms. The highest BCUT2D eigenvalue weighted by molar-refractivity contribution is 5.97. The standard InChI is InChI=1S/C28H23N3O5/c32-28(26-8-4-5-9-27(26)36-20-22-6-2-1-3-7-22)30-29-18-21-12-16-25(17-13-21)35-19-23-10-14-24(15-11-23)31(33)34/h1-18H,19-20H2,(H,30,32)/b29-18+. The molecule has 0 heterocycles. The van der Waals surface area contributed by atoms with Crippen LogP contribution < -0.4 is 14.9 Å². The number of hydrogen-bond acceptors (Lipinski definition) is 6. The number of hydrogen-bond donors (Lipinski definition) is 1. The van der Waals surface area contributed by atoms with Gasteiger partial charge in [-0.2, -0.15) is 5.10 Å². The lowest BCUT2D eigenvalue weighted by molar-refractivity contribution is -0.384. The number of carbonyl (C=O) groups is 1. The third-order valence-corrected chi connectivity index (χ3v) is 5.18. The van der Waals surface area contributed by atoms with Gasteiger partial charge in [0.1, 0.15) is 24.7 Å². The van der Waals surface area contributed by atoms with Crippen LogP contribution in [0.15, 0.2) is 108 Å². The molecule has 0 atom stereocenters. The number of nitrogens with one attached hydrogen (secondary N) is 1. The molecule has 0 radical (unpaired) electrons. The van der Waals surface area contributed by atoms with Crippen LogP contribution in [-0.4, -0.2) is 17.0 Å². The SMILES string of the molecule is O=C(N/N=C/c1ccc(OCc2ccc([N+](=O)[O-])cc2)cc1)c1ccccc1OCc1ccccc1. The number of carbonyl (C=O) groups excluding carboxylic acids is 1. The molecule has 4 aromatic carbocycles. The van der Waals surface area contributed by atoms with Crippen LogP contribution in [-0.2, 0) is 13.2 Å². The summed E-state index contributed by atoms with van der Waals surface area (Å²) in [7, 11) is 0. The average molecular weight is 482 g/mol. The maximum atomic E-state index is 12.6. The first-order valence-electron chi connectivity index (χ1n) is 11.1. The van der Waals surface area contributed by atoms with E-state index < -0.39 is 4.92 Å². The normalized spacial score (nSPS) is 10.7. The van der Waals surface area contributed by atoms with E-state index in [0.717, 1.165) is 16.7 Å². The van der Waals surface area contributed by atoms with E-state index in [2.05, 4.69) is 10.5 Å². The van der Waals surface area contributed by atoms with Crippen LogP contribution in [0.3, 0.4) is 0 Å². The van der Waals surface area contributed by atoms with Crippen LogP contribution in [0.2, 0.25) is 0 Å². The molecular formula is C28H23N3O5. The zero-order chi connectivity index (χ0) is 25.2. The summed E-state index contributed by atoms with van der Waals surface area (Å²) in [4.78, 5) is 22.9. The maximum absolute atomic E-state index is 12.6. The Morgan fingerprint density at radius 2 is 1.44 bits per heavy atom. The highest BCUT2D eigenvalue weighted by Crippen LogP contribution is 2.20. The number of nitro benzene ring substituents is 1. The minimum atomic E-state index is -0.439. The Morgan fingerprint density at radius 1 is 0.806 bits per heavy atom. The van der Waals surface area contributed by atoms with E-state index in [1.165, 1.54) is 18.3 Å². The van der Waals surface area contributed by atoms with Crippen LogP contribution in [0.25, 0.3) is 0 Å². The van der Waals surface area contributed by atoms with Crippen molar-refractivity contribution in [1.82, 2.24) is 5.43 Å². The smallest absolute Gasteiger partial charge is 0.275 e. The van der Waals surface area contributed by atoms with Gasteiger partial charge in [-0.15, -0.1) is 0 Å². The second-order valence-electron chi connectivity index (χ2n) is 7.75. The van der Waals surface area contributed by atoms with Crippen molar-refractivity contribution < 1.29 is 19.2 Å². The molecule has 0 saturated heterocycles. The fourth-order valence-electron chi connectivity index (χ4n) is 3.27. The van der Waals surface area contributed by atoms with Crippen LogP contribution in [0, 0.1) is 10.1 Å². The summed E-state index contributed by atoms with van der Waals surface area (Å²) < 4.78 is 11.6. The van der Waals surface area contributed by atoms with E-state index in [1.54, 1.807) is 54.6 Å². The number of non-ortho nitro benzene ring substituents is 1. The lowest BCUT2D eigenvalue weighted by Gasteiger charge is -2.10. The molecule has 0 aliphatic carbocycles. The zero-order valence-electron chi connectivity index (χ0n) is 19.2. The van der Waals surface area contributed by atoms with Gasteiger partial charge in [-0.05, 0) is 65.2 Å². The van der Waals surface area contributed by atoms with Gasteiger partial charge in [0, 0.05) is 12.1 Å². The summed E-state index contributed by atoms with van der Waals surface area (Å²) in [6, 6.07) is 30.1. The number of nitrogens with zero attached hydrogens (tertiary/aromatic N) is 2. The third kappa shape index (κ3) is 6.77. The molecule has 0 saturated carbocycles. The Morgan fingerprint density at radius 3 is 2.17 bits per heavy atom. The van der Waals surface area contributed by atoms with E-state index in [0.29, 0.717) is 23.7 Å². The number of ether oxygens (including phenoxy) is 2. The predicted octanol–water partition coefficient (Wildman–Crippen LogP) is 5.52. The van der Waals surface area contributed by atoms with Gasteiger partial charge < -0.3 is 9.47 Å². The number of nitro groups is 1. The first-order chi connectivity index (χ1) is 17.6. The molecule has 180 valence electrons. The van der Waals surface area contributed by atoms with E-state index in [-0.39, 0.29) is 18.2 Å². The maximum Gasteiger partial charge on any atom is 0.275 e. The van der Waals surface area contributed by atoms with Gasteiger partial charge in [-0.25, -0.2) is 5.43 Å². The first-order valence-corrected chi connectivity index (χ1v) is 11.1. The van der Waals surface area contributed by atoms with Crippen LogP contribution in [0.4, 0.5) is 5.69 Å². The van der Waals surface area contributed by atoms with Gasteiger partial charge in [0.15, 0.2) is 0 Å². The van der Waals surface area contributed by atoms with Crippen molar-refractivity contribution in [2.45, 2.75) is 13.2 Å². The van der Waals surface area contributed by atoms with Gasteiger partial charge in [0.2, 0.25) is 0 Å². The fourth-order valence-corrected chi connectivity index (χ4v) is 3.27. The molecule has 1 amide bonds. The summed E-state index contributed by atoms with van der Waals surface area (Å²) in [5, 5.41) is 14.8. The lowest BCUT2D eigenvalue weighted by atomic mass is 10.2. The van der Waals surface area contributed by atoms with Crippen molar-refractivity contribution in [1.29, 1.82) is 0 Å². The minimum absolute atomic E-state index is 0.0395. The molecule has 0 aromatic heterocycles. The molecule has 0 spiro atoms. The minimum Gasteiger partial charge on any atom is -0.489 e. The predicted molar refractivity (Wildman–Crippen MR) is 136 cm³/mol. The number of benzene rings is 4. The second-order valence-corrected chi connectivity index (χ2v) is 7.75. The zero-order valence-corrected chi connectivity index (χ0v) is 19.2. The largest absolute Gasteiger partial charge is 0.489 e. The molecule has 0 aliphatic heterocycles. The number of para-hydroxylation sites is 1. The van der Waals surface area contributed by atoms with Crippen molar-refractivity contribution in [3.8, 4) is 11.5 Å². The summed E-state index contributed by atoms with van der Waals surface area (Å²) >= 11 is 0. The van der Waals surface area contributed by atoms with Crippen molar-refractivity contribution in [3.05, 3.63) is 135 Å². The van der Waals surface area contributed by atoms with Crippen LogP contribution in [0.5, 0.6) is 11.5 Å². The summed E-state index contributed by atoms with van der Waals surface area (Å²) in [6.45, 7) is 0.639. The monoisotopic (exact) mass is 481 g/mol. The van der Waals surface area contributed by atoms with Gasteiger partial charge >= 0.3 is 0 Å². The van der Waals surface area contributed by atoms with E-state index in [4.69, 9.17) is 9.47 Å². The first kappa shape index (κ1) is 24.2. The van der Waals surface area contributed by atoms with E-state index in [1.807, 2.05) is 36.4 Å². The summed E-state index contributed by atoms with van der Waals surface area (Å²) in [6.07, 6.45) is 1.53. The van der Waals surface area contributed by atoms with E-state index in [9.17, 15) is 14.9 Å². The number of amides is 1.